The van der Waals surface area contributed by atoms with Gasteiger partial charge in [-0.3, -0.25) is 4.90 Å². The number of hydrogen-bond donors (Lipinski definition) is 1. The third-order valence-corrected chi connectivity index (χ3v) is 7.25. The molecule has 0 spiro atoms. The SMILES string of the molecule is CCN(CC)C(CNc1oc(-c2ccc(OCc3ccccc3Cl)cc2)nc1C#N)c1ccc(C(C)C)cc1. The van der Waals surface area contributed by atoms with E-state index in [1.807, 2.05) is 48.5 Å². The van der Waals surface area contributed by atoms with E-state index in [-0.39, 0.29) is 11.7 Å². The van der Waals surface area contributed by atoms with Crippen LogP contribution in [0.2, 0.25) is 5.02 Å². The maximum Gasteiger partial charge on any atom is 0.232 e. The highest BCUT2D eigenvalue weighted by molar-refractivity contribution is 6.31. The summed E-state index contributed by atoms with van der Waals surface area (Å²) in [7, 11) is 0. The van der Waals surface area contributed by atoms with Crippen molar-refractivity contribution in [3.05, 3.63) is 100 Å². The van der Waals surface area contributed by atoms with Gasteiger partial charge in [-0.2, -0.15) is 10.2 Å². The summed E-state index contributed by atoms with van der Waals surface area (Å²) in [5.74, 6) is 1.95. The predicted molar refractivity (Wildman–Crippen MR) is 157 cm³/mol. The molecule has 39 heavy (non-hydrogen) atoms. The molecule has 1 unspecified atom stereocenters. The summed E-state index contributed by atoms with van der Waals surface area (Å²) in [6, 6.07) is 26.1. The molecule has 0 aliphatic heterocycles. The van der Waals surface area contributed by atoms with Crippen LogP contribution >= 0.6 is 11.6 Å². The van der Waals surface area contributed by atoms with Crippen molar-refractivity contribution in [3.8, 4) is 23.3 Å². The molecule has 0 aliphatic rings. The average molecular weight is 543 g/mol. The van der Waals surface area contributed by atoms with Gasteiger partial charge in [0, 0.05) is 22.7 Å². The van der Waals surface area contributed by atoms with Gasteiger partial charge in [-0.05, 0) is 60.5 Å². The Hall–Kier alpha value is -3.79. The minimum atomic E-state index is 0.121. The second kappa shape index (κ2) is 13.3. The second-order valence-electron chi connectivity index (χ2n) is 9.65. The van der Waals surface area contributed by atoms with Crippen LogP contribution in [0, 0.1) is 11.3 Å². The van der Waals surface area contributed by atoms with Gasteiger partial charge < -0.3 is 14.5 Å². The van der Waals surface area contributed by atoms with Gasteiger partial charge in [0.05, 0.1) is 6.04 Å². The van der Waals surface area contributed by atoms with Crippen LogP contribution < -0.4 is 10.1 Å². The first-order valence-electron chi connectivity index (χ1n) is 13.4. The Morgan fingerprint density at radius 2 is 1.64 bits per heavy atom. The number of hydrogen-bond acceptors (Lipinski definition) is 6. The normalized spacial score (nSPS) is 11.9. The molecule has 0 amide bonds. The summed E-state index contributed by atoms with van der Waals surface area (Å²) in [5, 5.41) is 13.8. The molecule has 0 fully saturated rings. The summed E-state index contributed by atoms with van der Waals surface area (Å²) in [5.41, 5.74) is 4.45. The number of likely N-dealkylation sites (N-methyl/N-ethyl adjacent to an activating group) is 1. The third kappa shape index (κ3) is 7.00. The van der Waals surface area contributed by atoms with Crippen molar-refractivity contribution in [2.24, 2.45) is 0 Å². The summed E-state index contributed by atoms with van der Waals surface area (Å²) in [4.78, 5) is 6.83. The van der Waals surface area contributed by atoms with E-state index in [9.17, 15) is 5.26 Å². The number of halogens is 1. The number of oxazole rings is 1. The lowest BCUT2D eigenvalue weighted by Gasteiger charge is -2.30. The minimum absolute atomic E-state index is 0.121. The van der Waals surface area contributed by atoms with Gasteiger partial charge in [0.15, 0.2) is 0 Å². The third-order valence-electron chi connectivity index (χ3n) is 6.88. The molecule has 1 aromatic heterocycles. The van der Waals surface area contributed by atoms with Crippen molar-refractivity contribution in [2.45, 2.75) is 46.3 Å². The number of nitrogens with zero attached hydrogens (tertiary/aromatic N) is 3. The molecular weight excluding hydrogens is 508 g/mol. The molecule has 0 radical (unpaired) electrons. The lowest BCUT2D eigenvalue weighted by atomic mass is 9.98. The molecule has 0 saturated heterocycles. The van der Waals surface area contributed by atoms with E-state index < -0.39 is 0 Å². The fraction of sp³-hybridized carbons (Fsp3) is 0.312. The Morgan fingerprint density at radius 3 is 2.26 bits per heavy atom. The summed E-state index contributed by atoms with van der Waals surface area (Å²) < 4.78 is 11.9. The molecule has 1 heterocycles. The fourth-order valence-electron chi connectivity index (χ4n) is 4.52. The second-order valence-corrected chi connectivity index (χ2v) is 10.1. The van der Waals surface area contributed by atoms with E-state index in [1.165, 1.54) is 11.1 Å². The minimum Gasteiger partial charge on any atom is -0.489 e. The van der Waals surface area contributed by atoms with E-state index in [2.05, 4.69) is 73.2 Å². The Bertz CT molecular complexity index is 1390. The average Bonchev–Trinajstić information content (AvgIpc) is 3.38. The number of nitriles is 1. The van der Waals surface area contributed by atoms with Gasteiger partial charge >= 0.3 is 0 Å². The van der Waals surface area contributed by atoms with E-state index in [4.69, 9.17) is 20.8 Å². The predicted octanol–water partition coefficient (Wildman–Crippen LogP) is 8.06. The first kappa shape index (κ1) is 28.2. The quantitative estimate of drug-likeness (QED) is 0.195. The van der Waals surface area contributed by atoms with Crippen LogP contribution in [0.15, 0.2) is 77.2 Å². The van der Waals surface area contributed by atoms with Crippen molar-refractivity contribution < 1.29 is 9.15 Å². The maximum absolute atomic E-state index is 9.74. The Morgan fingerprint density at radius 1 is 0.974 bits per heavy atom. The molecule has 6 nitrogen and oxygen atoms in total. The van der Waals surface area contributed by atoms with E-state index in [0.29, 0.717) is 41.6 Å². The fourth-order valence-corrected chi connectivity index (χ4v) is 4.71. The van der Waals surface area contributed by atoms with E-state index in [1.54, 1.807) is 0 Å². The topological polar surface area (TPSA) is 74.3 Å². The molecule has 7 heteroatoms. The molecule has 0 saturated carbocycles. The van der Waals surface area contributed by atoms with Crippen LogP contribution in [0.4, 0.5) is 5.88 Å². The lowest BCUT2D eigenvalue weighted by molar-refractivity contribution is 0.227. The van der Waals surface area contributed by atoms with Gasteiger partial charge in [0.25, 0.3) is 0 Å². The number of anilines is 1. The van der Waals surface area contributed by atoms with Crippen molar-refractivity contribution in [2.75, 3.05) is 25.0 Å². The van der Waals surface area contributed by atoms with Gasteiger partial charge in [-0.25, -0.2) is 0 Å². The Labute approximate surface area is 236 Å². The van der Waals surface area contributed by atoms with Crippen molar-refractivity contribution in [1.82, 2.24) is 9.88 Å². The van der Waals surface area contributed by atoms with Crippen LogP contribution in [0.25, 0.3) is 11.5 Å². The number of aromatic nitrogens is 1. The van der Waals surface area contributed by atoms with Gasteiger partial charge in [-0.15, -0.1) is 0 Å². The molecule has 4 aromatic rings. The van der Waals surface area contributed by atoms with Crippen LogP contribution in [0.5, 0.6) is 5.75 Å². The largest absolute Gasteiger partial charge is 0.489 e. The summed E-state index contributed by atoms with van der Waals surface area (Å²) >= 11 is 6.22. The standard InChI is InChI=1S/C32H35ClN4O2/c1-5-37(6-2)30(24-13-11-23(12-14-24)22(3)4)20-35-32-29(19-34)36-31(39-32)25-15-17-27(18-16-25)38-21-26-9-7-8-10-28(26)33/h7-18,22,30,35H,5-6,20-21H2,1-4H3. The summed E-state index contributed by atoms with van der Waals surface area (Å²) in [6.07, 6.45) is 0. The number of nitrogens with one attached hydrogen (secondary N) is 1. The monoisotopic (exact) mass is 542 g/mol. The molecule has 1 N–H and O–H groups in total. The van der Waals surface area contributed by atoms with E-state index in [0.717, 1.165) is 24.2 Å². The van der Waals surface area contributed by atoms with Crippen LogP contribution in [0.3, 0.4) is 0 Å². The molecule has 3 aromatic carbocycles. The molecule has 4 rings (SSSR count). The zero-order valence-corrected chi connectivity index (χ0v) is 23.7. The van der Waals surface area contributed by atoms with Crippen LogP contribution in [-0.2, 0) is 6.61 Å². The molecule has 0 aliphatic carbocycles. The first-order valence-corrected chi connectivity index (χ1v) is 13.8. The Balaban J connectivity index is 1.47. The zero-order chi connectivity index (χ0) is 27.8. The van der Waals surface area contributed by atoms with Crippen molar-refractivity contribution >= 4 is 17.5 Å². The highest BCUT2D eigenvalue weighted by Gasteiger charge is 2.21. The van der Waals surface area contributed by atoms with Crippen LogP contribution in [-0.4, -0.2) is 29.5 Å². The first-order chi connectivity index (χ1) is 18.9. The van der Waals surface area contributed by atoms with Gasteiger partial charge in [0.1, 0.15) is 18.4 Å². The van der Waals surface area contributed by atoms with Gasteiger partial charge in [-0.1, -0.05) is 81.8 Å². The number of benzene rings is 3. The highest BCUT2D eigenvalue weighted by Crippen LogP contribution is 2.29. The number of ether oxygens (including phenoxy) is 1. The maximum atomic E-state index is 9.74. The lowest BCUT2D eigenvalue weighted by Crippen LogP contribution is -2.33. The Kier molecular flexibility index (Phi) is 9.64. The van der Waals surface area contributed by atoms with Gasteiger partial charge in [0.2, 0.25) is 17.5 Å². The highest BCUT2D eigenvalue weighted by atomic mass is 35.5. The summed E-state index contributed by atoms with van der Waals surface area (Å²) in [6.45, 7) is 11.5. The molecular formula is C32H35ClN4O2. The molecule has 202 valence electrons. The zero-order valence-electron chi connectivity index (χ0n) is 22.9. The molecule has 1 atom stereocenters. The van der Waals surface area contributed by atoms with E-state index >= 15 is 0 Å². The smallest absolute Gasteiger partial charge is 0.232 e. The number of rotatable bonds is 12. The van der Waals surface area contributed by atoms with Crippen LogP contribution in [0.1, 0.15) is 62.0 Å². The molecule has 0 bridgehead atoms. The van der Waals surface area contributed by atoms with Crippen molar-refractivity contribution in [1.29, 1.82) is 5.26 Å². The van der Waals surface area contributed by atoms with Crippen molar-refractivity contribution in [3.63, 3.8) is 0 Å².